The van der Waals surface area contributed by atoms with Gasteiger partial charge in [-0.15, -0.1) is 0 Å². The number of carbonyl (C=O) groups excluding carboxylic acids is 1. The van der Waals surface area contributed by atoms with Gasteiger partial charge < -0.3 is 10.1 Å². The van der Waals surface area contributed by atoms with E-state index in [-0.39, 0.29) is 11.9 Å². The molecule has 1 aromatic carbocycles. The molecular weight excluding hydrogens is 252 g/mol. The molecule has 0 aromatic heterocycles. The lowest BCUT2D eigenvalue weighted by molar-refractivity contribution is -0.131. The summed E-state index contributed by atoms with van der Waals surface area (Å²) in [6.45, 7) is 4.39. The van der Waals surface area contributed by atoms with E-state index in [0.717, 1.165) is 19.4 Å². The summed E-state index contributed by atoms with van der Waals surface area (Å²) in [6.07, 6.45) is 2.68. The summed E-state index contributed by atoms with van der Waals surface area (Å²) in [7, 11) is 0. The van der Waals surface area contributed by atoms with Crippen LogP contribution in [-0.4, -0.2) is 35.5 Å². The van der Waals surface area contributed by atoms with Crippen molar-refractivity contribution in [3.05, 3.63) is 24.3 Å². The summed E-state index contributed by atoms with van der Waals surface area (Å²) >= 11 is 0. The van der Waals surface area contributed by atoms with Gasteiger partial charge in [-0.3, -0.25) is 9.69 Å². The van der Waals surface area contributed by atoms with Crippen LogP contribution in [0.4, 0.5) is 5.69 Å². The van der Waals surface area contributed by atoms with Crippen molar-refractivity contribution in [1.29, 1.82) is 0 Å². The SMILES string of the molecule is [2H]C1N(CCCC)[C@@H](C)CC12Oc1ccccc1NC2=O. The molecule has 3 atom stereocenters. The lowest BCUT2D eigenvalue weighted by Gasteiger charge is -2.34. The van der Waals surface area contributed by atoms with Gasteiger partial charge in [-0.25, -0.2) is 0 Å². The Labute approximate surface area is 121 Å². The van der Waals surface area contributed by atoms with Crippen LogP contribution in [0.3, 0.4) is 0 Å². The van der Waals surface area contributed by atoms with Gasteiger partial charge in [0, 0.05) is 20.4 Å². The molecule has 0 saturated carbocycles. The minimum Gasteiger partial charge on any atom is -0.474 e. The summed E-state index contributed by atoms with van der Waals surface area (Å²) in [4.78, 5) is 14.7. The summed E-state index contributed by atoms with van der Waals surface area (Å²) in [5, 5.41) is 2.91. The Morgan fingerprint density at radius 2 is 2.35 bits per heavy atom. The molecule has 3 rings (SSSR count). The van der Waals surface area contributed by atoms with Crippen molar-refractivity contribution in [3.63, 3.8) is 0 Å². The highest BCUT2D eigenvalue weighted by Crippen LogP contribution is 2.39. The Hall–Kier alpha value is -1.55. The second-order valence-electron chi connectivity index (χ2n) is 5.72. The maximum atomic E-state index is 12.6. The number of likely N-dealkylation sites (tertiary alicyclic amines) is 1. The van der Waals surface area contributed by atoms with E-state index in [1.165, 1.54) is 0 Å². The third-order valence-corrected chi connectivity index (χ3v) is 4.12. The second-order valence-corrected chi connectivity index (χ2v) is 5.72. The molecule has 1 fully saturated rings. The molecular formula is C16H22N2O2. The number of unbranched alkanes of at least 4 members (excludes halogenated alkanes) is 1. The van der Waals surface area contributed by atoms with Crippen molar-refractivity contribution >= 4 is 11.6 Å². The second kappa shape index (κ2) is 5.09. The number of amides is 1. The molecule has 1 aromatic rings. The fourth-order valence-corrected chi connectivity index (χ4v) is 2.98. The monoisotopic (exact) mass is 275 g/mol. The van der Waals surface area contributed by atoms with E-state index in [1.807, 2.05) is 24.3 Å². The zero-order valence-electron chi connectivity index (χ0n) is 13.1. The van der Waals surface area contributed by atoms with E-state index in [2.05, 4.69) is 24.1 Å². The first-order valence-corrected chi connectivity index (χ1v) is 7.36. The normalized spacial score (nSPS) is 33.5. The standard InChI is InChI=1S/C16H22N2O2/c1-3-4-9-18-11-16(10-12(18)2)15(19)17-13-7-5-6-8-14(13)20-16/h5-8,12H,3-4,9-11H2,1-2H3,(H,17,19)/t12-,16?/m0/s1/i11D/t11?,12-,16?. The number of anilines is 1. The number of rotatable bonds is 3. The molecule has 1 saturated heterocycles. The van der Waals surface area contributed by atoms with Gasteiger partial charge in [0.25, 0.3) is 5.91 Å². The first kappa shape index (κ1) is 12.2. The molecule has 0 bridgehead atoms. The van der Waals surface area contributed by atoms with Crippen LogP contribution in [0.5, 0.6) is 5.75 Å². The summed E-state index contributed by atoms with van der Waals surface area (Å²) in [5.74, 6) is 0.478. The Bertz CT molecular complexity index is 551. The largest absolute Gasteiger partial charge is 0.474 e. The van der Waals surface area contributed by atoms with Gasteiger partial charge in [0.2, 0.25) is 5.60 Å². The molecule has 1 N–H and O–H groups in total. The molecule has 108 valence electrons. The number of ether oxygens (including phenoxy) is 1. The van der Waals surface area contributed by atoms with Crippen LogP contribution in [0.1, 0.15) is 34.5 Å². The first-order chi connectivity index (χ1) is 10.1. The molecule has 4 heteroatoms. The number of fused-ring (bicyclic) bond motifs is 1. The average molecular weight is 275 g/mol. The number of carbonyl (C=O) groups is 1. The van der Waals surface area contributed by atoms with Crippen LogP contribution in [0.15, 0.2) is 24.3 Å². The van der Waals surface area contributed by atoms with Gasteiger partial charge in [-0.2, -0.15) is 0 Å². The van der Waals surface area contributed by atoms with E-state index < -0.39 is 12.1 Å². The molecule has 1 spiro atoms. The van der Waals surface area contributed by atoms with Crippen molar-refractivity contribution < 1.29 is 10.9 Å². The summed E-state index contributed by atoms with van der Waals surface area (Å²) < 4.78 is 14.6. The average Bonchev–Trinajstić information content (AvgIpc) is 2.70. The highest BCUT2D eigenvalue weighted by molar-refractivity contribution is 6.01. The zero-order chi connectivity index (χ0) is 15.0. The van der Waals surface area contributed by atoms with E-state index in [9.17, 15) is 4.79 Å². The van der Waals surface area contributed by atoms with Gasteiger partial charge in [-0.1, -0.05) is 25.5 Å². The summed E-state index contributed by atoms with van der Waals surface area (Å²) in [6, 6.07) is 7.60. The minimum absolute atomic E-state index is 0.176. The highest BCUT2D eigenvalue weighted by atomic mass is 16.5. The third-order valence-electron chi connectivity index (χ3n) is 4.12. The summed E-state index contributed by atoms with van der Waals surface area (Å²) in [5.41, 5.74) is -0.387. The quantitative estimate of drug-likeness (QED) is 0.922. The van der Waals surface area contributed by atoms with Crippen LogP contribution in [0, 0.1) is 0 Å². The number of nitrogens with zero attached hydrogens (tertiary/aromatic N) is 1. The smallest absolute Gasteiger partial charge is 0.270 e. The van der Waals surface area contributed by atoms with Crippen LogP contribution >= 0.6 is 0 Å². The molecule has 2 heterocycles. The number of para-hydroxylation sites is 2. The lowest BCUT2D eigenvalue weighted by atomic mass is 9.97. The number of hydrogen-bond acceptors (Lipinski definition) is 3. The van der Waals surface area contributed by atoms with Crippen molar-refractivity contribution in [3.8, 4) is 5.75 Å². The molecule has 4 nitrogen and oxygen atoms in total. The number of nitrogens with one attached hydrogen (secondary N) is 1. The fourth-order valence-electron chi connectivity index (χ4n) is 2.98. The maximum absolute atomic E-state index is 12.6. The van der Waals surface area contributed by atoms with Crippen molar-refractivity contribution in [2.75, 3.05) is 18.4 Å². The van der Waals surface area contributed by atoms with Gasteiger partial charge >= 0.3 is 0 Å². The Morgan fingerprint density at radius 1 is 1.55 bits per heavy atom. The lowest BCUT2D eigenvalue weighted by Crippen LogP contribution is -2.52. The third kappa shape index (κ3) is 2.18. The Morgan fingerprint density at radius 3 is 3.15 bits per heavy atom. The van der Waals surface area contributed by atoms with Crippen molar-refractivity contribution in [2.45, 2.75) is 44.8 Å². The van der Waals surface area contributed by atoms with Gasteiger partial charge in [-0.05, 0) is 32.0 Å². The molecule has 0 radical (unpaired) electrons. The topological polar surface area (TPSA) is 41.6 Å². The molecule has 0 aliphatic carbocycles. The predicted molar refractivity (Wildman–Crippen MR) is 79.0 cm³/mol. The van der Waals surface area contributed by atoms with Crippen LogP contribution < -0.4 is 10.1 Å². The Kier molecular flexibility index (Phi) is 3.11. The molecule has 2 aliphatic rings. The molecule has 2 aliphatic heterocycles. The van der Waals surface area contributed by atoms with Crippen LogP contribution in [-0.2, 0) is 4.79 Å². The molecule has 2 unspecified atom stereocenters. The first-order valence-electron chi connectivity index (χ1n) is 7.93. The van der Waals surface area contributed by atoms with Crippen LogP contribution in [0.25, 0.3) is 0 Å². The van der Waals surface area contributed by atoms with Crippen LogP contribution in [0.2, 0.25) is 0 Å². The Balaban J connectivity index is 1.90. The molecule has 20 heavy (non-hydrogen) atoms. The maximum Gasteiger partial charge on any atom is 0.270 e. The van der Waals surface area contributed by atoms with E-state index in [4.69, 9.17) is 6.11 Å². The van der Waals surface area contributed by atoms with Crippen molar-refractivity contribution in [1.82, 2.24) is 4.90 Å². The number of hydrogen-bond donors (Lipinski definition) is 1. The van der Waals surface area contributed by atoms with E-state index in [0.29, 0.717) is 17.9 Å². The van der Waals surface area contributed by atoms with Gasteiger partial charge in [0.05, 0.1) is 5.69 Å². The zero-order valence-corrected chi connectivity index (χ0v) is 12.1. The van der Waals surface area contributed by atoms with Crippen molar-refractivity contribution in [2.24, 2.45) is 0 Å². The van der Waals surface area contributed by atoms with E-state index >= 15 is 0 Å². The predicted octanol–water partition coefficient (Wildman–Crippen LogP) is 2.65. The van der Waals surface area contributed by atoms with E-state index in [1.54, 1.807) is 0 Å². The molecule has 1 amide bonds. The van der Waals surface area contributed by atoms with Gasteiger partial charge in [0.1, 0.15) is 5.75 Å². The number of benzene rings is 1. The minimum atomic E-state index is -1.08. The fraction of sp³-hybridized carbons (Fsp3) is 0.562. The highest BCUT2D eigenvalue weighted by Gasteiger charge is 2.52. The van der Waals surface area contributed by atoms with Gasteiger partial charge in [0.15, 0.2) is 0 Å².